The Balaban J connectivity index is 1.76. The Hall–Kier alpha value is -2.51. The Morgan fingerprint density at radius 2 is 2.00 bits per heavy atom. The number of aryl methyl sites for hydroxylation is 1. The van der Waals surface area contributed by atoms with Crippen molar-refractivity contribution in [3.63, 3.8) is 0 Å². The summed E-state index contributed by atoms with van der Waals surface area (Å²) in [7, 11) is 2.11. The summed E-state index contributed by atoms with van der Waals surface area (Å²) in [4.78, 5) is 1.31. The fourth-order valence-electron chi connectivity index (χ4n) is 2.94. The predicted molar refractivity (Wildman–Crippen MR) is 112 cm³/mol. The van der Waals surface area contributed by atoms with Crippen molar-refractivity contribution in [2.75, 3.05) is 5.75 Å². The van der Waals surface area contributed by atoms with E-state index in [1.54, 1.807) is 0 Å². The van der Waals surface area contributed by atoms with E-state index in [0.717, 1.165) is 0 Å². The maximum Gasteiger partial charge on any atom is 0.286 e. The Morgan fingerprint density at radius 3 is 2.74 bits per heavy atom. The Bertz CT molecular complexity index is 901. The molecule has 0 spiro atoms. The SMILES string of the molecule is CCCCSc1ccc2n(C)c(-c3ccc(CNNC=NN)cc3)c[n+]2c1. The van der Waals surface area contributed by atoms with Gasteiger partial charge < -0.3 is 11.3 Å². The molecule has 7 heteroatoms. The number of rotatable bonds is 9. The lowest BCUT2D eigenvalue weighted by Crippen LogP contribution is -2.30. The lowest BCUT2D eigenvalue weighted by atomic mass is 10.1. The normalized spacial score (nSPS) is 11.5. The van der Waals surface area contributed by atoms with Gasteiger partial charge in [0.25, 0.3) is 5.65 Å². The molecule has 0 fully saturated rings. The highest BCUT2D eigenvalue weighted by molar-refractivity contribution is 7.99. The molecule has 1 aromatic carbocycles. The van der Waals surface area contributed by atoms with Crippen LogP contribution in [0.2, 0.25) is 0 Å². The lowest BCUT2D eigenvalue weighted by Gasteiger charge is -2.04. The second-order valence-electron chi connectivity index (χ2n) is 6.38. The summed E-state index contributed by atoms with van der Waals surface area (Å²) >= 11 is 1.92. The number of hydrazone groups is 1. The average Bonchev–Trinajstić information content (AvgIpc) is 3.02. The van der Waals surface area contributed by atoms with E-state index in [-0.39, 0.29) is 0 Å². The van der Waals surface area contributed by atoms with Crippen molar-refractivity contribution in [2.45, 2.75) is 31.2 Å². The number of nitrogens with zero attached hydrogens (tertiary/aromatic N) is 3. The number of hydrogen-bond acceptors (Lipinski definition) is 4. The van der Waals surface area contributed by atoms with Crippen LogP contribution in [0.1, 0.15) is 25.3 Å². The summed E-state index contributed by atoms with van der Waals surface area (Å²) in [6, 6.07) is 13.0. The number of pyridine rings is 1. The Labute approximate surface area is 164 Å². The molecule has 0 bridgehead atoms. The molecular weight excluding hydrogens is 356 g/mol. The molecule has 0 aliphatic rings. The summed E-state index contributed by atoms with van der Waals surface area (Å²) in [5.41, 5.74) is 10.6. The molecule has 0 radical (unpaired) electrons. The first-order valence-electron chi connectivity index (χ1n) is 9.16. The maximum absolute atomic E-state index is 5.04. The zero-order valence-corrected chi connectivity index (χ0v) is 16.7. The molecule has 0 saturated carbocycles. The maximum atomic E-state index is 5.04. The van der Waals surface area contributed by atoms with Crippen molar-refractivity contribution < 1.29 is 4.40 Å². The van der Waals surface area contributed by atoms with Crippen LogP contribution in [0.15, 0.2) is 58.8 Å². The van der Waals surface area contributed by atoms with E-state index in [1.165, 1.54) is 52.3 Å². The fraction of sp³-hybridized carbons (Fsp3) is 0.300. The zero-order chi connectivity index (χ0) is 19.1. The van der Waals surface area contributed by atoms with Crippen molar-refractivity contribution in [3.05, 3.63) is 54.4 Å². The third-order valence-corrected chi connectivity index (χ3v) is 5.51. The second kappa shape index (κ2) is 9.43. The summed E-state index contributed by atoms with van der Waals surface area (Å²) in [5, 5.41) is 3.37. The van der Waals surface area contributed by atoms with Gasteiger partial charge in [-0.1, -0.05) is 37.6 Å². The number of nitrogens with one attached hydrogen (secondary N) is 2. The predicted octanol–water partition coefficient (Wildman–Crippen LogP) is 2.82. The summed E-state index contributed by atoms with van der Waals surface area (Å²) in [6.45, 7) is 2.92. The number of hydrogen-bond donors (Lipinski definition) is 3. The molecule has 0 aliphatic heterocycles. The van der Waals surface area contributed by atoms with E-state index in [2.05, 4.69) is 87.7 Å². The molecule has 3 rings (SSSR count). The minimum atomic E-state index is 0.689. The van der Waals surface area contributed by atoms with Crippen LogP contribution in [-0.4, -0.2) is 16.7 Å². The average molecular weight is 384 g/mol. The van der Waals surface area contributed by atoms with E-state index in [0.29, 0.717) is 6.54 Å². The van der Waals surface area contributed by atoms with Crippen LogP contribution < -0.4 is 21.1 Å². The van der Waals surface area contributed by atoms with Gasteiger partial charge >= 0.3 is 0 Å². The molecule has 27 heavy (non-hydrogen) atoms. The number of imidazole rings is 1. The molecule has 6 nitrogen and oxygen atoms in total. The molecule has 3 aromatic rings. The first-order valence-corrected chi connectivity index (χ1v) is 10.1. The van der Waals surface area contributed by atoms with E-state index < -0.39 is 0 Å². The monoisotopic (exact) mass is 383 g/mol. The molecular formula is C20H27N6S+. The first kappa shape index (κ1) is 19.3. The molecule has 0 unspecified atom stereocenters. The molecule has 4 N–H and O–H groups in total. The van der Waals surface area contributed by atoms with Gasteiger partial charge in [-0.2, -0.15) is 5.10 Å². The van der Waals surface area contributed by atoms with E-state index in [9.17, 15) is 0 Å². The van der Waals surface area contributed by atoms with Crippen molar-refractivity contribution in [1.29, 1.82) is 0 Å². The summed E-state index contributed by atoms with van der Waals surface area (Å²) in [5.74, 6) is 6.21. The third-order valence-electron chi connectivity index (χ3n) is 4.44. The van der Waals surface area contributed by atoms with Crippen molar-refractivity contribution in [1.82, 2.24) is 15.4 Å². The molecule has 0 saturated heterocycles. The number of unbranched alkanes of at least 4 members (excludes halogenated alkanes) is 1. The smallest absolute Gasteiger partial charge is 0.286 e. The number of hydrazine groups is 1. The zero-order valence-electron chi connectivity index (χ0n) is 15.9. The van der Waals surface area contributed by atoms with Gasteiger partial charge in [-0.15, -0.1) is 11.8 Å². The van der Waals surface area contributed by atoms with Crippen molar-refractivity contribution in [2.24, 2.45) is 18.0 Å². The van der Waals surface area contributed by atoms with E-state index in [1.807, 2.05) is 11.8 Å². The van der Waals surface area contributed by atoms with Crippen LogP contribution in [0.3, 0.4) is 0 Å². The first-order chi connectivity index (χ1) is 13.2. The molecule has 0 atom stereocenters. The quantitative estimate of drug-likeness (QED) is 0.101. The molecule has 142 valence electrons. The minimum absolute atomic E-state index is 0.689. The molecule has 2 heterocycles. The highest BCUT2D eigenvalue weighted by atomic mass is 32.2. The number of fused-ring (bicyclic) bond motifs is 1. The Kier molecular flexibility index (Phi) is 6.73. The van der Waals surface area contributed by atoms with Crippen LogP contribution in [0.25, 0.3) is 16.9 Å². The van der Waals surface area contributed by atoms with Gasteiger partial charge in [0.15, 0.2) is 5.69 Å². The highest BCUT2D eigenvalue weighted by Crippen LogP contribution is 2.23. The van der Waals surface area contributed by atoms with Crippen LogP contribution in [0.5, 0.6) is 0 Å². The van der Waals surface area contributed by atoms with Crippen LogP contribution >= 0.6 is 11.8 Å². The van der Waals surface area contributed by atoms with Crippen molar-refractivity contribution in [3.8, 4) is 11.3 Å². The number of nitrogens with two attached hydrogens (primary N) is 1. The molecule has 2 aromatic heterocycles. The second-order valence-corrected chi connectivity index (χ2v) is 7.55. The third kappa shape index (κ3) is 4.81. The topological polar surface area (TPSA) is 71.5 Å². The van der Waals surface area contributed by atoms with Crippen LogP contribution in [0, 0.1) is 0 Å². The van der Waals surface area contributed by atoms with Gasteiger partial charge in [0.05, 0.1) is 7.05 Å². The summed E-state index contributed by atoms with van der Waals surface area (Å²) < 4.78 is 4.45. The number of thioether (sulfide) groups is 1. The standard InChI is InChI=1S/C20H27N6S/c1-3-4-11-27-18-9-10-20-25(2)19(14-26(20)13-18)17-7-5-16(6-8-17)12-23-24-15-22-21/h5-10,13-15,23H,3-4,11-12,21H2,1-2H3,(H,22,24)/q+1. The van der Waals surface area contributed by atoms with Crippen LogP contribution in [0.4, 0.5) is 0 Å². The van der Waals surface area contributed by atoms with Crippen molar-refractivity contribution >= 4 is 23.7 Å². The minimum Gasteiger partial charge on any atom is -0.322 e. The Morgan fingerprint density at radius 1 is 1.19 bits per heavy atom. The lowest BCUT2D eigenvalue weighted by molar-refractivity contribution is -0.512. The van der Waals surface area contributed by atoms with Gasteiger partial charge in [-0.3, -0.25) is 0 Å². The molecule has 0 aliphatic carbocycles. The van der Waals surface area contributed by atoms with Gasteiger partial charge in [0.1, 0.15) is 18.7 Å². The fourth-order valence-corrected chi connectivity index (χ4v) is 3.96. The van der Waals surface area contributed by atoms with Gasteiger partial charge in [0, 0.05) is 23.1 Å². The molecule has 0 amide bonds. The highest BCUT2D eigenvalue weighted by Gasteiger charge is 2.16. The number of aromatic nitrogens is 2. The van der Waals surface area contributed by atoms with Gasteiger partial charge in [0.2, 0.25) is 0 Å². The van der Waals surface area contributed by atoms with Gasteiger partial charge in [-0.05, 0) is 23.8 Å². The largest absolute Gasteiger partial charge is 0.322 e. The van der Waals surface area contributed by atoms with Crippen LogP contribution in [-0.2, 0) is 13.6 Å². The number of benzene rings is 1. The van der Waals surface area contributed by atoms with Gasteiger partial charge in [-0.25, -0.2) is 14.4 Å². The van der Waals surface area contributed by atoms with E-state index in [4.69, 9.17) is 5.84 Å². The van der Waals surface area contributed by atoms with E-state index >= 15 is 0 Å². The summed E-state index contributed by atoms with van der Waals surface area (Å²) in [6.07, 6.45) is 8.33.